The molecule has 98 valence electrons. The molecule has 1 unspecified atom stereocenters. The van der Waals surface area contributed by atoms with Crippen molar-refractivity contribution in [2.24, 2.45) is 5.92 Å². The van der Waals surface area contributed by atoms with E-state index in [2.05, 4.69) is 5.32 Å². The van der Waals surface area contributed by atoms with Crippen molar-refractivity contribution in [2.45, 2.75) is 25.8 Å². The molecule has 1 atom stereocenters. The minimum atomic E-state index is -0.233. The molecule has 18 heavy (non-hydrogen) atoms. The van der Waals surface area contributed by atoms with Crippen LogP contribution in [0.5, 0.6) is 5.75 Å². The first-order valence-electron chi connectivity index (χ1n) is 6.33. The summed E-state index contributed by atoms with van der Waals surface area (Å²) >= 11 is 0. The van der Waals surface area contributed by atoms with Crippen LogP contribution in [0.15, 0.2) is 24.3 Å². The third-order valence-electron chi connectivity index (χ3n) is 2.95. The SMILES string of the molecule is CC(CO)NC(=O)c1ccc(OCC2CC2)cc1. The van der Waals surface area contributed by atoms with Crippen LogP contribution in [0.25, 0.3) is 0 Å². The summed E-state index contributed by atoms with van der Waals surface area (Å²) in [6, 6.07) is 6.86. The Morgan fingerprint density at radius 3 is 2.67 bits per heavy atom. The van der Waals surface area contributed by atoms with Gasteiger partial charge in [0.1, 0.15) is 5.75 Å². The number of hydrogen-bond acceptors (Lipinski definition) is 3. The highest BCUT2D eigenvalue weighted by atomic mass is 16.5. The number of ether oxygens (including phenoxy) is 1. The van der Waals surface area contributed by atoms with Gasteiger partial charge in [0.05, 0.1) is 13.2 Å². The number of nitrogens with one attached hydrogen (secondary N) is 1. The van der Waals surface area contributed by atoms with E-state index in [1.54, 1.807) is 31.2 Å². The maximum atomic E-state index is 11.7. The molecule has 1 amide bonds. The lowest BCUT2D eigenvalue weighted by molar-refractivity contribution is 0.0922. The first kappa shape index (κ1) is 12.9. The second kappa shape index (κ2) is 5.87. The van der Waals surface area contributed by atoms with E-state index >= 15 is 0 Å². The quantitative estimate of drug-likeness (QED) is 0.805. The summed E-state index contributed by atoms with van der Waals surface area (Å²) in [6.45, 7) is 2.46. The maximum absolute atomic E-state index is 11.7. The fraction of sp³-hybridized carbons (Fsp3) is 0.500. The van der Waals surface area contributed by atoms with Gasteiger partial charge in [0, 0.05) is 11.6 Å². The lowest BCUT2D eigenvalue weighted by Gasteiger charge is -2.11. The number of amides is 1. The van der Waals surface area contributed by atoms with E-state index in [9.17, 15) is 4.79 Å². The van der Waals surface area contributed by atoms with E-state index in [1.165, 1.54) is 12.8 Å². The molecule has 0 radical (unpaired) electrons. The van der Waals surface area contributed by atoms with E-state index in [0.29, 0.717) is 5.56 Å². The summed E-state index contributed by atoms with van der Waals surface area (Å²) in [5.41, 5.74) is 0.578. The zero-order valence-corrected chi connectivity index (χ0v) is 10.6. The standard InChI is InChI=1S/C14H19NO3/c1-10(8-16)15-14(17)12-4-6-13(7-5-12)18-9-11-2-3-11/h4-7,10-11,16H,2-3,8-9H2,1H3,(H,15,17). The Morgan fingerprint density at radius 1 is 1.44 bits per heavy atom. The molecular formula is C14H19NO3. The molecule has 0 aliphatic heterocycles. The van der Waals surface area contributed by atoms with Crippen molar-refractivity contribution < 1.29 is 14.6 Å². The van der Waals surface area contributed by atoms with Gasteiger partial charge in [-0.1, -0.05) is 0 Å². The molecule has 0 bridgehead atoms. The number of aliphatic hydroxyl groups is 1. The van der Waals surface area contributed by atoms with Crippen LogP contribution in [0.1, 0.15) is 30.1 Å². The van der Waals surface area contributed by atoms with Gasteiger partial charge in [-0.25, -0.2) is 0 Å². The molecule has 1 saturated carbocycles. The lowest BCUT2D eigenvalue weighted by Crippen LogP contribution is -2.34. The van der Waals surface area contributed by atoms with E-state index in [4.69, 9.17) is 9.84 Å². The monoisotopic (exact) mass is 249 g/mol. The molecule has 4 nitrogen and oxygen atoms in total. The van der Waals surface area contributed by atoms with Crippen LogP contribution < -0.4 is 10.1 Å². The normalized spacial score (nSPS) is 16.1. The Bertz CT molecular complexity index is 398. The third-order valence-corrected chi connectivity index (χ3v) is 2.95. The van der Waals surface area contributed by atoms with Crippen LogP contribution in [0.4, 0.5) is 0 Å². The first-order chi connectivity index (χ1) is 8.69. The molecular weight excluding hydrogens is 230 g/mol. The van der Waals surface area contributed by atoms with E-state index in [-0.39, 0.29) is 18.6 Å². The molecule has 2 rings (SSSR count). The molecule has 1 aromatic carbocycles. The molecule has 2 N–H and O–H groups in total. The van der Waals surface area contributed by atoms with Gasteiger partial charge in [0.25, 0.3) is 5.91 Å². The summed E-state index contributed by atoms with van der Waals surface area (Å²) < 4.78 is 5.60. The molecule has 0 spiro atoms. The fourth-order valence-electron chi connectivity index (χ4n) is 1.55. The first-order valence-corrected chi connectivity index (χ1v) is 6.33. The van der Waals surface area contributed by atoms with Crippen molar-refractivity contribution in [2.75, 3.05) is 13.2 Å². The van der Waals surface area contributed by atoms with Gasteiger partial charge in [-0.2, -0.15) is 0 Å². The number of hydrogen-bond donors (Lipinski definition) is 2. The van der Waals surface area contributed by atoms with Crippen molar-refractivity contribution in [3.63, 3.8) is 0 Å². The summed E-state index contributed by atoms with van der Waals surface area (Å²) in [5.74, 6) is 1.34. The lowest BCUT2D eigenvalue weighted by atomic mass is 10.2. The Kier molecular flexibility index (Phi) is 4.20. The van der Waals surface area contributed by atoms with Gasteiger partial charge in [-0.3, -0.25) is 4.79 Å². The summed E-state index contributed by atoms with van der Waals surface area (Å²) in [4.78, 5) is 11.7. The molecule has 0 saturated heterocycles. The Morgan fingerprint density at radius 2 is 2.11 bits per heavy atom. The molecule has 1 aliphatic carbocycles. The predicted molar refractivity (Wildman–Crippen MR) is 68.7 cm³/mol. The zero-order valence-electron chi connectivity index (χ0n) is 10.6. The van der Waals surface area contributed by atoms with Crippen LogP contribution in [-0.2, 0) is 0 Å². The Balaban J connectivity index is 1.87. The topological polar surface area (TPSA) is 58.6 Å². The molecule has 0 aromatic heterocycles. The molecule has 1 aliphatic rings. The van der Waals surface area contributed by atoms with Crippen LogP contribution in [-0.4, -0.2) is 30.3 Å². The van der Waals surface area contributed by atoms with Crippen LogP contribution in [0.3, 0.4) is 0 Å². The minimum absolute atomic E-state index is 0.0612. The molecule has 1 aromatic rings. The molecule has 1 fully saturated rings. The predicted octanol–water partition coefficient (Wildman–Crippen LogP) is 1.59. The van der Waals surface area contributed by atoms with Crippen LogP contribution in [0, 0.1) is 5.92 Å². The largest absolute Gasteiger partial charge is 0.493 e. The number of carbonyl (C=O) groups is 1. The minimum Gasteiger partial charge on any atom is -0.493 e. The maximum Gasteiger partial charge on any atom is 0.251 e. The highest BCUT2D eigenvalue weighted by Crippen LogP contribution is 2.29. The van der Waals surface area contributed by atoms with Crippen LogP contribution >= 0.6 is 0 Å². The van der Waals surface area contributed by atoms with Gasteiger partial charge in [-0.15, -0.1) is 0 Å². The van der Waals surface area contributed by atoms with E-state index < -0.39 is 0 Å². The average Bonchev–Trinajstić information content (AvgIpc) is 3.20. The van der Waals surface area contributed by atoms with Gasteiger partial charge in [0.2, 0.25) is 0 Å². The summed E-state index contributed by atoms with van der Waals surface area (Å²) in [5, 5.41) is 11.6. The van der Waals surface area contributed by atoms with E-state index in [1.807, 2.05) is 0 Å². The zero-order chi connectivity index (χ0) is 13.0. The van der Waals surface area contributed by atoms with Crippen molar-refractivity contribution in [3.8, 4) is 5.75 Å². The summed E-state index contributed by atoms with van der Waals surface area (Å²) in [7, 11) is 0. The van der Waals surface area contributed by atoms with Gasteiger partial charge >= 0.3 is 0 Å². The number of rotatable bonds is 6. The van der Waals surface area contributed by atoms with Crippen molar-refractivity contribution >= 4 is 5.91 Å². The van der Waals surface area contributed by atoms with Crippen molar-refractivity contribution in [1.82, 2.24) is 5.32 Å². The van der Waals surface area contributed by atoms with Crippen molar-refractivity contribution in [3.05, 3.63) is 29.8 Å². The Hall–Kier alpha value is -1.55. The second-order valence-electron chi connectivity index (χ2n) is 4.84. The number of carbonyl (C=O) groups excluding carboxylic acids is 1. The van der Waals surface area contributed by atoms with Crippen LogP contribution in [0.2, 0.25) is 0 Å². The summed E-state index contributed by atoms with van der Waals surface area (Å²) in [6.07, 6.45) is 2.53. The van der Waals surface area contributed by atoms with Crippen molar-refractivity contribution in [1.29, 1.82) is 0 Å². The molecule has 4 heteroatoms. The van der Waals surface area contributed by atoms with Gasteiger partial charge in [0.15, 0.2) is 0 Å². The van der Waals surface area contributed by atoms with Gasteiger partial charge < -0.3 is 15.2 Å². The highest BCUT2D eigenvalue weighted by Gasteiger charge is 2.21. The highest BCUT2D eigenvalue weighted by molar-refractivity contribution is 5.94. The smallest absolute Gasteiger partial charge is 0.251 e. The Labute approximate surface area is 107 Å². The number of benzene rings is 1. The molecule has 0 heterocycles. The number of aliphatic hydroxyl groups excluding tert-OH is 1. The van der Waals surface area contributed by atoms with E-state index in [0.717, 1.165) is 18.3 Å². The third kappa shape index (κ3) is 3.74. The average molecular weight is 249 g/mol. The fourth-order valence-corrected chi connectivity index (χ4v) is 1.55. The van der Waals surface area contributed by atoms with Gasteiger partial charge in [-0.05, 0) is 49.9 Å². The second-order valence-corrected chi connectivity index (χ2v) is 4.84.